The summed E-state index contributed by atoms with van der Waals surface area (Å²) in [5.74, 6) is -0.843. The minimum atomic E-state index is -0.652. The number of benzene rings is 3. The largest absolute Gasteiger partial charge is 0.492 e. The van der Waals surface area contributed by atoms with Crippen molar-refractivity contribution < 1.29 is 23.9 Å². The van der Waals surface area contributed by atoms with Gasteiger partial charge in [0.15, 0.2) is 0 Å². The van der Waals surface area contributed by atoms with Gasteiger partial charge in [-0.1, -0.05) is 48.9 Å². The molecule has 8 heteroatoms. The molecule has 7 nitrogen and oxygen atoms in total. The summed E-state index contributed by atoms with van der Waals surface area (Å²) in [5, 5.41) is 2.66. The number of nitrogens with one attached hydrogen (secondary N) is 1. The number of ether oxygens (including phenoxy) is 2. The fourth-order valence-electron chi connectivity index (χ4n) is 3.64. The quantitative estimate of drug-likeness (QED) is 0.262. The highest BCUT2D eigenvalue weighted by atomic mass is 35.5. The first-order valence-electron chi connectivity index (χ1n) is 11.1. The molecule has 2 amide bonds. The molecule has 4 rings (SSSR count). The van der Waals surface area contributed by atoms with E-state index in [0.29, 0.717) is 35.0 Å². The van der Waals surface area contributed by atoms with Crippen molar-refractivity contribution in [3.63, 3.8) is 0 Å². The van der Waals surface area contributed by atoms with Crippen LogP contribution in [0.2, 0.25) is 0 Å². The molecule has 3 aromatic rings. The van der Waals surface area contributed by atoms with E-state index >= 15 is 0 Å². The Morgan fingerprint density at radius 2 is 1.54 bits per heavy atom. The number of para-hydroxylation sites is 3. The number of hydrogen-bond donors (Lipinski definition) is 1. The average molecular weight is 491 g/mol. The van der Waals surface area contributed by atoms with E-state index in [1.165, 1.54) is 0 Å². The van der Waals surface area contributed by atoms with Gasteiger partial charge in [-0.2, -0.15) is 0 Å². The molecule has 1 aliphatic heterocycles. The van der Waals surface area contributed by atoms with E-state index in [0.717, 1.165) is 16.9 Å². The van der Waals surface area contributed by atoms with Gasteiger partial charge in [-0.15, -0.1) is 0 Å². The smallest absolute Gasteiger partial charge is 0.343 e. The third-order valence-electron chi connectivity index (χ3n) is 5.38. The maximum Gasteiger partial charge on any atom is 0.343 e. The number of carbonyl (C=O) groups is 3. The molecule has 0 saturated carbocycles. The molecule has 0 aromatic heterocycles. The lowest BCUT2D eigenvalue weighted by atomic mass is 10.1. The van der Waals surface area contributed by atoms with Crippen LogP contribution in [0.3, 0.4) is 0 Å². The highest BCUT2D eigenvalue weighted by Gasteiger charge is 2.40. The van der Waals surface area contributed by atoms with Crippen molar-refractivity contribution in [2.45, 2.75) is 20.3 Å². The van der Waals surface area contributed by atoms with Gasteiger partial charge in [-0.25, -0.2) is 9.69 Å². The number of hydrogen-bond acceptors (Lipinski definition) is 6. The molecule has 1 heterocycles. The maximum atomic E-state index is 13.1. The standard InChI is InChI=1S/C27H23ClN2O5/c1-3-17-9-5-7-11-21(17)35-27(33)18-13-15-19(16-14-18)29-24-23(28)25(31)30(26(24)32)20-10-6-8-12-22(20)34-4-2/h5-16,29H,3-4H2,1-2H3. The molecule has 0 unspecified atom stereocenters. The number of nitrogens with zero attached hydrogens (tertiary/aromatic N) is 1. The number of halogens is 1. The van der Waals surface area contributed by atoms with E-state index in [1.54, 1.807) is 54.6 Å². The van der Waals surface area contributed by atoms with E-state index in [-0.39, 0.29) is 10.7 Å². The normalized spacial score (nSPS) is 13.3. The van der Waals surface area contributed by atoms with Crippen LogP contribution >= 0.6 is 11.6 Å². The summed E-state index contributed by atoms with van der Waals surface area (Å²) < 4.78 is 11.1. The Balaban J connectivity index is 1.50. The Morgan fingerprint density at radius 3 is 2.23 bits per heavy atom. The molecular weight excluding hydrogens is 468 g/mol. The van der Waals surface area contributed by atoms with Gasteiger partial charge in [0.1, 0.15) is 22.2 Å². The molecule has 178 valence electrons. The number of aryl methyl sites for hydroxylation is 1. The lowest BCUT2D eigenvalue weighted by molar-refractivity contribution is -0.120. The van der Waals surface area contributed by atoms with E-state index in [4.69, 9.17) is 21.1 Å². The van der Waals surface area contributed by atoms with Crippen LogP contribution < -0.4 is 19.7 Å². The number of carbonyl (C=O) groups excluding carboxylic acids is 3. The van der Waals surface area contributed by atoms with Crippen LogP contribution in [0.1, 0.15) is 29.8 Å². The number of rotatable bonds is 8. The lowest BCUT2D eigenvalue weighted by Gasteiger charge is -2.18. The lowest BCUT2D eigenvalue weighted by Crippen LogP contribution is -2.32. The highest BCUT2D eigenvalue weighted by Crippen LogP contribution is 2.35. The first kappa shape index (κ1) is 24.0. The van der Waals surface area contributed by atoms with Crippen molar-refractivity contribution in [1.82, 2.24) is 0 Å². The number of anilines is 2. The van der Waals surface area contributed by atoms with E-state index in [9.17, 15) is 14.4 Å². The summed E-state index contributed by atoms with van der Waals surface area (Å²) in [6.45, 7) is 4.17. The van der Waals surface area contributed by atoms with Gasteiger partial charge >= 0.3 is 5.97 Å². The second-order valence-electron chi connectivity index (χ2n) is 7.59. The highest BCUT2D eigenvalue weighted by molar-refractivity contribution is 6.53. The second-order valence-corrected chi connectivity index (χ2v) is 7.97. The van der Waals surface area contributed by atoms with Gasteiger partial charge in [-0.3, -0.25) is 9.59 Å². The molecule has 0 bridgehead atoms. The van der Waals surface area contributed by atoms with Crippen LogP contribution in [0, 0.1) is 0 Å². The molecule has 0 atom stereocenters. The summed E-state index contributed by atoms with van der Waals surface area (Å²) >= 11 is 6.24. The fourth-order valence-corrected chi connectivity index (χ4v) is 3.85. The van der Waals surface area contributed by atoms with Crippen molar-refractivity contribution in [2.24, 2.45) is 0 Å². The van der Waals surface area contributed by atoms with Crippen molar-refractivity contribution in [1.29, 1.82) is 0 Å². The Morgan fingerprint density at radius 1 is 0.886 bits per heavy atom. The Hall–Kier alpha value is -4.10. The van der Waals surface area contributed by atoms with Gasteiger partial charge in [0, 0.05) is 5.69 Å². The fraction of sp³-hybridized carbons (Fsp3) is 0.148. The molecule has 0 spiro atoms. The van der Waals surface area contributed by atoms with Gasteiger partial charge in [-0.05, 0) is 61.4 Å². The third-order valence-corrected chi connectivity index (χ3v) is 5.73. The van der Waals surface area contributed by atoms with Crippen LogP contribution in [0.5, 0.6) is 11.5 Å². The van der Waals surface area contributed by atoms with Crippen LogP contribution in [-0.4, -0.2) is 24.4 Å². The van der Waals surface area contributed by atoms with E-state index < -0.39 is 17.8 Å². The van der Waals surface area contributed by atoms with Gasteiger partial charge in [0.25, 0.3) is 11.8 Å². The predicted octanol–water partition coefficient (Wildman–Crippen LogP) is 5.30. The number of esters is 1. The minimum absolute atomic E-state index is 0.0600. The van der Waals surface area contributed by atoms with E-state index in [2.05, 4.69) is 5.32 Å². The molecule has 0 saturated heterocycles. The van der Waals surface area contributed by atoms with E-state index in [1.807, 2.05) is 32.0 Å². The zero-order valence-electron chi connectivity index (χ0n) is 19.2. The van der Waals surface area contributed by atoms with Crippen LogP contribution in [0.15, 0.2) is 83.5 Å². The molecule has 1 N–H and O–H groups in total. The Labute approximate surface area is 207 Å². The summed E-state index contributed by atoms with van der Waals surface area (Å²) in [4.78, 5) is 39.5. The van der Waals surface area contributed by atoms with Crippen LogP contribution in [-0.2, 0) is 16.0 Å². The Kier molecular flexibility index (Phi) is 7.17. The molecule has 0 fully saturated rings. The van der Waals surface area contributed by atoms with Crippen molar-refractivity contribution in [3.8, 4) is 11.5 Å². The van der Waals surface area contributed by atoms with Crippen molar-refractivity contribution >= 4 is 40.8 Å². The summed E-state index contributed by atoms with van der Waals surface area (Å²) in [7, 11) is 0. The van der Waals surface area contributed by atoms with Gasteiger partial charge < -0.3 is 14.8 Å². The van der Waals surface area contributed by atoms with Crippen molar-refractivity contribution in [2.75, 3.05) is 16.8 Å². The topological polar surface area (TPSA) is 84.9 Å². The average Bonchev–Trinajstić information content (AvgIpc) is 3.08. The Bertz CT molecular complexity index is 1320. The summed E-state index contributed by atoms with van der Waals surface area (Å²) in [5.41, 5.74) is 1.99. The summed E-state index contributed by atoms with van der Waals surface area (Å²) in [6, 6.07) is 20.4. The molecule has 0 aliphatic carbocycles. The van der Waals surface area contributed by atoms with Crippen LogP contribution in [0.25, 0.3) is 0 Å². The zero-order chi connectivity index (χ0) is 24.9. The molecular formula is C27H23ClN2O5. The SMILES string of the molecule is CCOc1ccccc1N1C(=O)C(Cl)=C(Nc2ccc(C(=O)Oc3ccccc3CC)cc2)C1=O. The minimum Gasteiger partial charge on any atom is -0.492 e. The molecule has 1 aliphatic rings. The first-order valence-corrected chi connectivity index (χ1v) is 11.5. The monoisotopic (exact) mass is 490 g/mol. The van der Waals surface area contributed by atoms with Gasteiger partial charge in [0.2, 0.25) is 0 Å². The molecule has 35 heavy (non-hydrogen) atoms. The summed E-state index contributed by atoms with van der Waals surface area (Å²) in [6.07, 6.45) is 0.737. The third kappa shape index (κ3) is 4.90. The van der Waals surface area contributed by atoms with Gasteiger partial charge in [0.05, 0.1) is 17.9 Å². The first-order chi connectivity index (χ1) is 16.9. The predicted molar refractivity (Wildman–Crippen MR) is 134 cm³/mol. The van der Waals surface area contributed by atoms with Crippen LogP contribution in [0.4, 0.5) is 11.4 Å². The van der Waals surface area contributed by atoms with Crippen molar-refractivity contribution in [3.05, 3.63) is 94.7 Å². The molecule has 3 aromatic carbocycles. The maximum absolute atomic E-state index is 13.1. The number of amides is 2. The second kappa shape index (κ2) is 10.4. The zero-order valence-corrected chi connectivity index (χ0v) is 20.0. The molecule has 0 radical (unpaired) electrons. The number of imide groups is 1.